The van der Waals surface area contributed by atoms with Crippen LogP contribution in [0.15, 0.2) is 22.7 Å². The molecule has 0 bridgehead atoms. The van der Waals surface area contributed by atoms with Crippen molar-refractivity contribution in [1.82, 2.24) is 0 Å². The number of nitrogen functional groups attached to an aromatic ring is 1. The fourth-order valence-corrected chi connectivity index (χ4v) is 2.12. The zero-order valence-electron chi connectivity index (χ0n) is 10.9. The molecule has 0 heterocycles. The van der Waals surface area contributed by atoms with Crippen LogP contribution in [0.1, 0.15) is 13.3 Å². The SMILES string of the molecule is COCC(C)CC(=O)N(C)c1ccc(Br)cc1N. The molecule has 2 N–H and O–H groups in total. The molecule has 0 aliphatic carbocycles. The van der Waals surface area contributed by atoms with Gasteiger partial charge in [-0.3, -0.25) is 4.79 Å². The molecule has 0 aliphatic heterocycles. The van der Waals surface area contributed by atoms with E-state index in [9.17, 15) is 4.79 Å². The number of nitrogens with two attached hydrogens (primary N) is 1. The van der Waals surface area contributed by atoms with Gasteiger partial charge in [0, 0.05) is 31.7 Å². The van der Waals surface area contributed by atoms with Crippen molar-refractivity contribution in [2.75, 3.05) is 31.4 Å². The molecular weight excluding hydrogens is 296 g/mol. The van der Waals surface area contributed by atoms with Crippen LogP contribution < -0.4 is 10.6 Å². The Morgan fingerprint density at radius 2 is 2.22 bits per heavy atom. The van der Waals surface area contributed by atoms with Crippen LogP contribution in [0.5, 0.6) is 0 Å². The van der Waals surface area contributed by atoms with Crippen LogP contribution in [0.3, 0.4) is 0 Å². The minimum absolute atomic E-state index is 0.0357. The first-order chi connectivity index (χ1) is 8.45. The molecule has 1 unspecified atom stereocenters. The number of ether oxygens (including phenoxy) is 1. The summed E-state index contributed by atoms with van der Waals surface area (Å²) >= 11 is 3.34. The monoisotopic (exact) mass is 314 g/mol. The van der Waals surface area contributed by atoms with Gasteiger partial charge in [0.1, 0.15) is 0 Å². The van der Waals surface area contributed by atoms with E-state index in [0.717, 1.165) is 10.2 Å². The molecule has 1 aromatic rings. The summed E-state index contributed by atoms with van der Waals surface area (Å²) in [4.78, 5) is 13.7. The molecule has 0 saturated carbocycles. The molecule has 1 rings (SSSR count). The van der Waals surface area contributed by atoms with E-state index in [1.165, 1.54) is 0 Å². The quantitative estimate of drug-likeness (QED) is 0.850. The number of nitrogens with zero attached hydrogens (tertiary/aromatic N) is 1. The molecule has 5 heteroatoms. The largest absolute Gasteiger partial charge is 0.397 e. The molecule has 1 atom stereocenters. The van der Waals surface area contributed by atoms with Crippen LogP contribution >= 0.6 is 15.9 Å². The molecule has 0 radical (unpaired) electrons. The predicted octanol–water partition coefficient (Wildman–Crippen LogP) is 2.67. The first-order valence-corrected chi connectivity index (χ1v) is 6.55. The highest BCUT2D eigenvalue weighted by atomic mass is 79.9. The van der Waals surface area contributed by atoms with E-state index < -0.39 is 0 Å². The molecule has 100 valence electrons. The summed E-state index contributed by atoms with van der Waals surface area (Å²) in [6.45, 7) is 2.57. The molecular formula is C13H19BrN2O2. The summed E-state index contributed by atoms with van der Waals surface area (Å²) in [5, 5.41) is 0. The van der Waals surface area contributed by atoms with Crippen LogP contribution in [0.4, 0.5) is 11.4 Å². The average molecular weight is 315 g/mol. The lowest BCUT2D eigenvalue weighted by molar-refractivity contribution is -0.119. The Bertz CT molecular complexity index is 423. The third kappa shape index (κ3) is 3.99. The van der Waals surface area contributed by atoms with Gasteiger partial charge >= 0.3 is 0 Å². The second kappa shape index (κ2) is 6.75. The Kier molecular flexibility index (Phi) is 5.62. The maximum absolute atomic E-state index is 12.1. The number of rotatable bonds is 5. The van der Waals surface area contributed by atoms with E-state index in [2.05, 4.69) is 15.9 Å². The number of halogens is 1. The van der Waals surface area contributed by atoms with Crippen LogP contribution in [-0.4, -0.2) is 26.7 Å². The van der Waals surface area contributed by atoms with Gasteiger partial charge in [-0.05, 0) is 24.1 Å². The van der Waals surface area contributed by atoms with Crippen LogP contribution in [-0.2, 0) is 9.53 Å². The highest BCUT2D eigenvalue weighted by Gasteiger charge is 2.16. The van der Waals surface area contributed by atoms with Gasteiger partial charge in [-0.2, -0.15) is 0 Å². The van der Waals surface area contributed by atoms with Gasteiger partial charge in [-0.1, -0.05) is 22.9 Å². The number of carbonyl (C=O) groups is 1. The van der Waals surface area contributed by atoms with Crippen molar-refractivity contribution in [2.45, 2.75) is 13.3 Å². The van der Waals surface area contributed by atoms with E-state index in [1.54, 1.807) is 25.1 Å². The number of hydrogen-bond acceptors (Lipinski definition) is 3. The second-order valence-corrected chi connectivity index (χ2v) is 5.34. The predicted molar refractivity (Wildman–Crippen MR) is 77.6 cm³/mol. The maximum atomic E-state index is 12.1. The van der Waals surface area contributed by atoms with Crippen LogP contribution in [0.2, 0.25) is 0 Å². The van der Waals surface area contributed by atoms with Crippen molar-refractivity contribution in [3.63, 3.8) is 0 Å². The lowest BCUT2D eigenvalue weighted by atomic mass is 10.1. The van der Waals surface area contributed by atoms with Gasteiger partial charge in [0.2, 0.25) is 5.91 Å². The fraction of sp³-hybridized carbons (Fsp3) is 0.462. The van der Waals surface area contributed by atoms with Gasteiger partial charge in [-0.25, -0.2) is 0 Å². The summed E-state index contributed by atoms with van der Waals surface area (Å²) in [7, 11) is 3.37. The van der Waals surface area contributed by atoms with Gasteiger partial charge in [-0.15, -0.1) is 0 Å². The number of hydrogen-bond donors (Lipinski definition) is 1. The van der Waals surface area contributed by atoms with Gasteiger partial charge in [0.25, 0.3) is 0 Å². The molecule has 1 aromatic carbocycles. The highest BCUT2D eigenvalue weighted by Crippen LogP contribution is 2.26. The Balaban J connectivity index is 2.74. The smallest absolute Gasteiger partial charge is 0.227 e. The molecule has 0 aliphatic rings. The van der Waals surface area contributed by atoms with Crippen molar-refractivity contribution in [1.29, 1.82) is 0 Å². The number of benzene rings is 1. The summed E-state index contributed by atoms with van der Waals surface area (Å²) in [6.07, 6.45) is 0.444. The Hall–Kier alpha value is -1.07. The van der Waals surface area contributed by atoms with E-state index in [1.807, 2.05) is 19.1 Å². The average Bonchev–Trinajstić information content (AvgIpc) is 2.28. The van der Waals surface area contributed by atoms with Crippen molar-refractivity contribution >= 4 is 33.2 Å². The lowest BCUT2D eigenvalue weighted by Crippen LogP contribution is -2.29. The van der Waals surface area contributed by atoms with Gasteiger partial charge < -0.3 is 15.4 Å². The molecule has 1 amide bonds. The number of carbonyl (C=O) groups excluding carboxylic acids is 1. The van der Waals surface area contributed by atoms with Crippen LogP contribution in [0, 0.1) is 5.92 Å². The molecule has 18 heavy (non-hydrogen) atoms. The summed E-state index contributed by atoms with van der Waals surface area (Å²) < 4.78 is 5.93. The third-order valence-electron chi connectivity index (χ3n) is 2.70. The topological polar surface area (TPSA) is 55.6 Å². The lowest BCUT2D eigenvalue weighted by Gasteiger charge is -2.21. The van der Waals surface area contributed by atoms with Crippen molar-refractivity contribution < 1.29 is 9.53 Å². The minimum Gasteiger partial charge on any atom is -0.397 e. The zero-order valence-corrected chi connectivity index (χ0v) is 12.5. The minimum atomic E-state index is 0.0357. The van der Waals surface area contributed by atoms with Gasteiger partial charge in [0.05, 0.1) is 11.4 Å². The summed E-state index contributed by atoms with van der Waals surface area (Å²) in [5.41, 5.74) is 7.21. The Morgan fingerprint density at radius 1 is 1.56 bits per heavy atom. The molecule has 0 saturated heterocycles. The van der Waals surface area contributed by atoms with Crippen LogP contribution in [0.25, 0.3) is 0 Å². The number of amides is 1. The summed E-state index contributed by atoms with van der Waals surface area (Å²) in [6, 6.07) is 5.49. The fourth-order valence-electron chi connectivity index (χ4n) is 1.74. The molecule has 0 fully saturated rings. The number of anilines is 2. The van der Waals surface area contributed by atoms with E-state index >= 15 is 0 Å². The van der Waals surface area contributed by atoms with Crippen molar-refractivity contribution in [3.8, 4) is 0 Å². The van der Waals surface area contributed by atoms with E-state index in [-0.39, 0.29) is 11.8 Å². The highest BCUT2D eigenvalue weighted by molar-refractivity contribution is 9.10. The normalized spacial score (nSPS) is 12.2. The molecule has 4 nitrogen and oxygen atoms in total. The zero-order chi connectivity index (χ0) is 13.7. The van der Waals surface area contributed by atoms with Gasteiger partial charge in [0.15, 0.2) is 0 Å². The first kappa shape index (κ1) is 15.0. The number of methoxy groups -OCH3 is 1. The standard InChI is InChI=1S/C13H19BrN2O2/c1-9(8-18-3)6-13(17)16(2)12-5-4-10(14)7-11(12)15/h4-5,7,9H,6,8,15H2,1-3H3. The summed E-state index contributed by atoms with van der Waals surface area (Å²) in [5.74, 6) is 0.232. The first-order valence-electron chi connectivity index (χ1n) is 5.76. The Labute approximate surface area is 116 Å². The third-order valence-corrected chi connectivity index (χ3v) is 3.19. The molecule has 0 spiro atoms. The van der Waals surface area contributed by atoms with E-state index in [4.69, 9.17) is 10.5 Å². The molecule has 0 aromatic heterocycles. The van der Waals surface area contributed by atoms with E-state index in [0.29, 0.717) is 18.7 Å². The van der Waals surface area contributed by atoms with Crippen molar-refractivity contribution in [2.24, 2.45) is 5.92 Å². The second-order valence-electron chi connectivity index (χ2n) is 4.42. The Morgan fingerprint density at radius 3 is 2.78 bits per heavy atom. The maximum Gasteiger partial charge on any atom is 0.227 e. The van der Waals surface area contributed by atoms with Crippen molar-refractivity contribution in [3.05, 3.63) is 22.7 Å².